The molecule has 1 saturated carbocycles. The zero-order valence-corrected chi connectivity index (χ0v) is 16.5. The minimum Gasteiger partial charge on any atom is -0.280 e. The van der Waals surface area contributed by atoms with E-state index in [1.165, 1.54) is 12.1 Å². The quantitative estimate of drug-likeness (QED) is 0.837. The minimum atomic E-state index is -3.79. The highest BCUT2D eigenvalue weighted by Gasteiger charge is 2.30. The van der Waals surface area contributed by atoms with Crippen LogP contribution in [0.4, 0.5) is 5.69 Å². The maximum absolute atomic E-state index is 12.7. The van der Waals surface area contributed by atoms with E-state index in [4.69, 9.17) is 0 Å². The van der Waals surface area contributed by atoms with Gasteiger partial charge in [0.1, 0.15) is 0 Å². The van der Waals surface area contributed by atoms with Crippen molar-refractivity contribution in [2.75, 3.05) is 4.72 Å². The Hall–Kier alpha value is -1.86. The summed E-state index contributed by atoms with van der Waals surface area (Å²) in [5.41, 5.74) is 1.73. The van der Waals surface area contributed by atoms with Gasteiger partial charge >= 0.3 is 0 Å². The van der Waals surface area contributed by atoms with Crippen LogP contribution < -0.4 is 4.72 Å². The van der Waals surface area contributed by atoms with Gasteiger partial charge in [0.25, 0.3) is 10.0 Å². The van der Waals surface area contributed by atoms with Crippen molar-refractivity contribution in [2.24, 2.45) is 0 Å². The highest BCUT2D eigenvalue weighted by molar-refractivity contribution is 7.93. The van der Waals surface area contributed by atoms with Gasteiger partial charge in [-0.1, -0.05) is 31.0 Å². The van der Waals surface area contributed by atoms with Crippen LogP contribution >= 0.6 is 0 Å². The predicted octanol–water partition coefficient (Wildman–Crippen LogP) is 3.82. The first-order valence-corrected chi connectivity index (χ1v) is 11.7. The van der Waals surface area contributed by atoms with Crippen molar-refractivity contribution < 1.29 is 16.8 Å². The largest absolute Gasteiger partial charge is 0.280 e. The van der Waals surface area contributed by atoms with Crippen LogP contribution in [0.1, 0.15) is 36.8 Å². The molecule has 0 unspecified atom stereocenters. The van der Waals surface area contributed by atoms with Gasteiger partial charge in [-0.15, -0.1) is 0 Å². The average molecular weight is 394 g/mol. The summed E-state index contributed by atoms with van der Waals surface area (Å²) in [5.74, 6) is 0. The summed E-state index contributed by atoms with van der Waals surface area (Å²) in [6.07, 6.45) is 3.17. The van der Waals surface area contributed by atoms with E-state index in [1.54, 1.807) is 31.2 Å². The Morgan fingerprint density at radius 1 is 0.923 bits per heavy atom. The van der Waals surface area contributed by atoms with Gasteiger partial charge in [-0.3, -0.25) is 4.72 Å². The number of benzene rings is 2. The normalized spacial score (nSPS) is 15.9. The Morgan fingerprint density at radius 2 is 1.62 bits per heavy atom. The van der Waals surface area contributed by atoms with Crippen molar-refractivity contribution in [1.82, 2.24) is 0 Å². The molecule has 1 N–H and O–H groups in total. The summed E-state index contributed by atoms with van der Waals surface area (Å²) in [7, 11) is -7.22. The van der Waals surface area contributed by atoms with E-state index in [-0.39, 0.29) is 20.7 Å². The highest BCUT2D eigenvalue weighted by atomic mass is 32.2. The molecule has 0 heterocycles. The Bertz CT molecular complexity index is 1020. The van der Waals surface area contributed by atoms with Gasteiger partial charge < -0.3 is 0 Å². The maximum Gasteiger partial charge on any atom is 0.262 e. The summed E-state index contributed by atoms with van der Waals surface area (Å²) in [6.45, 7) is 3.56. The van der Waals surface area contributed by atoms with E-state index in [2.05, 4.69) is 4.72 Å². The van der Waals surface area contributed by atoms with Gasteiger partial charge in [0.15, 0.2) is 9.84 Å². The van der Waals surface area contributed by atoms with Crippen molar-refractivity contribution in [3.63, 3.8) is 0 Å². The number of aryl methyl sites for hydroxylation is 2. The number of sulfone groups is 1. The second-order valence-electron chi connectivity index (χ2n) is 6.85. The molecule has 0 saturated heterocycles. The first kappa shape index (κ1) is 18.9. The molecule has 140 valence electrons. The van der Waals surface area contributed by atoms with Crippen LogP contribution in [-0.2, 0) is 19.9 Å². The molecule has 5 nitrogen and oxygen atoms in total. The Balaban J connectivity index is 1.92. The molecule has 1 fully saturated rings. The molecule has 0 spiro atoms. The third kappa shape index (κ3) is 3.78. The standard InChI is InChI=1S/C19H23NO4S2/c1-14-10-11-15(2)19(12-14)26(23,24)20-16-6-5-9-18(13-16)25(21,22)17-7-3-4-8-17/h5-6,9-13,17,20H,3-4,7-8H2,1-2H3. The van der Waals surface area contributed by atoms with E-state index < -0.39 is 19.9 Å². The van der Waals surface area contributed by atoms with Gasteiger partial charge in [0.2, 0.25) is 0 Å². The molecule has 1 aliphatic rings. The van der Waals surface area contributed by atoms with Crippen LogP contribution in [0.5, 0.6) is 0 Å². The number of hydrogen-bond acceptors (Lipinski definition) is 4. The van der Waals surface area contributed by atoms with E-state index in [9.17, 15) is 16.8 Å². The van der Waals surface area contributed by atoms with Crippen molar-refractivity contribution in [1.29, 1.82) is 0 Å². The van der Waals surface area contributed by atoms with Crippen LogP contribution in [0.15, 0.2) is 52.3 Å². The summed E-state index contributed by atoms with van der Waals surface area (Å²) < 4.78 is 53.5. The molecule has 1 aliphatic carbocycles. The Labute approximate surface area is 155 Å². The first-order valence-electron chi connectivity index (χ1n) is 8.64. The SMILES string of the molecule is Cc1ccc(C)c(S(=O)(=O)Nc2cccc(S(=O)(=O)C3CCCC3)c2)c1. The van der Waals surface area contributed by atoms with Gasteiger partial charge in [0, 0.05) is 0 Å². The molecule has 2 aromatic carbocycles. The lowest BCUT2D eigenvalue weighted by molar-refractivity contribution is 0.579. The topological polar surface area (TPSA) is 80.3 Å². The van der Waals surface area contributed by atoms with E-state index in [0.717, 1.165) is 18.4 Å². The molecule has 0 radical (unpaired) electrons. The number of sulfonamides is 1. The third-order valence-corrected chi connectivity index (χ3v) is 8.57. The van der Waals surface area contributed by atoms with Gasteiger partial charge in [-0.05, 0) is 62.1 Å². The minimum absolute atomic E-state index is 0.172. The lowest BCUT2D eigenvalue weighted by Gasteiger charge is -2.14. The average Bonchev–Trinajstić information content (AvgIpc) is 3.12. The lowest BCUT2D eigenvalue weighted by atomic mass is 10.2. The fourth-order valence-corrected chi connectivity index (χ4v) is 6.61. The predicted molar refractivity (Wildman–Crippen MR) is 103 cm³/mol. The molecule has 7 heteroatoms. The van der Waals surface area contributed by atoms with Crippen LogP contribution in [0, 0.1) is 13.8 Å². The van der Waals surface area contributed by atoms with Crippen molar-refractivity contribution in [3.8, 4) is 0 Å². The molecule has 0 bridgehead atoms. The van der Waals surface area contributed by atoms with E-state index in [1.807, 2.05) is 13.0 Å². The maximum atomic E-state index is 12.7. The van der Waals surface area contributed by atoms with Crippen molar-refractivity contribution in [2.45, 2.75) is 54.6 Å². The molecule has 0 amide bonds. The Morgan fingerprint density at radius 3 is 2.31 bits per heavy atom. The highest BCUT2D eigenvalue weighted by Crippen LogP contribution is 2.31. The molecule has 3 rings (SSSR count). The monoisotopic (exact) mass is 393 g/mol. The summed E-state index contributed by atoms with van der Waals surface area (Å²) in [5, 5.41) is -0.367. The number of hydrogen-bond donors (Lipinski definition) is 1. The summed E-state index contributed by atoms with van der Waals surface area (Å²) >= 11 is 0. The number of nitrogens with one attached hydrogen (secondary N) is 1. The second kappa shape index (κ2) is 7.04. The smallest absolute Gasteiger partial charge is 0.262 e. The molecule has 2 aromatic rings. The number of anilines is 1. The molecule has 26 heavy (non-hydrogen) atoms. The van der Waals surface area contributed by atoms with Crippen LogP contribution in [0.2, 0.25) is 0 Å². The van der Waals surface area contributed by atoms with Crippen LogP contribution in [0.25, 0.3) is 0 Å². The zero-order valence-electron chi connectivity index (χ0n) is 14.9. The number of rotatable bonds is 5. The zero-order chi connectivity index (χ0) is 18.9. The van der Waals surface area contributed by atoms with Crippen LogP contribution in [0.3, 0.4) is 0 Å². The van der Waals surface area contributed by atoms with E-state index >= 15 is 0 Å². The van der Waals surface area contributed by atoms with Gasteiger partial charge in [0.05, 0.1) is 20.7 Å². The second-order valence-corrected chi connectivity index (χ2v) is 10.7. The molecule has 0 atom stereocenters. The fourth-order valence-electron chi connectivity index (χ4n) is 3.33. The molecule has 0 aromatic heterocycles. The first-order chi connectivity index (χ1) is 12.2. The van der Waals surface area contributed by atoms with Gasteiger partial charge in [-0.25, -0.2) is 16.8 Å². The third-order valence-electron chi connectivity index (χ3n) is 4.79. The molecule has 0 aliphatic heterocycles. The summed E-state index contributed by atoms with van der Waals surface area (Å²) in [4.78, 5) is 0.368. The Kier molecular flexibility index (Phi) is 5.12. The summed E-state index contributed by atoms with van der Waals surface area (Å²) in [6, 6.07) is 11.3. The lowest BCUT2D eigenvalue weighted by Crippen LogP contribution is -2.18. The van der Waals surface area contributed by atoms with Crippen molar-refractivity contribution >= 4 is 25.5 Å². The fraction of sp³-hybridized carbons (Fsp3) is 0.368. The molecular formula is C19H23NO4S2. The van der Waals surface area contributed by atoms with Gasteiger partial charge in [-0.2, -0.15) is 0 Å². The van der Waals surface area contributed by atoms with Crippen LogP contribution in [-0.4, -0.2) is 22.1 Å². The molecular weight excluding hydrogens is 370 g/mol. The van der Waals surface area contributed by atoms with Crippen molar-refractivity contribution in [3.05, 3.63) is 53.6 Å². The van der Waals surface area contributed by atoms with E-state index in [0.29, 0.717) is 18.4 Å².